The van der Waals surface area contributed by atoms with E-state index in [1.165, 1.54) is 0 Å². The first-order valence-corrected chi connectivity index (χ1v) is 9.29. The summed E-state index contributed by atoms with van der Waals surface area (Å²) >= 11 is 1.02. The predicted octanol–water partition coefficient (Wildman–Crippen LogP) is 2.65. The molecular weight excluding hydrogens is 352 g/mol. The minimum absolute atomic E-state index is 0.104. The van der Waals surface area contributed by atoms with Crippen LogP contribution >= 0.6 is 11.8 Å². The molecule has 26 heavy (non-hydrogen) atoms. The van der Waals surface area contributed by atoms with Gasteiger partial charge in [0.05, 0.1) is 10.9 Å². The maximum Gasteiger partial charge on any atom is 0.286 e. The zero-order valence-electron chi connectivity index (χ0n) is 14.3. The summed E-state index contributed by atoms with van der Waals surface area (Å²) in [5, 5.41) is 11.8. The van der Waals surface area contributed by atoms with Crippen molar-refractivity contribution in [3.05, 3.63) is 59.4 Å². The fraction of sp³-hybridized carbons (Fsp3) is 0.316. The minimum Gasteiger partial charge on any atom is -0.490 e. The maximum atomic E-state index is 11.6. The monoisotopic (exact) mass is 372 g/mol. The third-order valence-electron chi connectivity index (χ3n) is 4.12. The number of carbonyl (C=O) groups excluding carboxylic acids is 2. The number of aliphatic hydroxyl groups excluding tert-OH is 1. The molecule has 1 aliphatic heterocycles. The molecule has 1 saturated heterocycles. The van der Waals surface area contributed by atoms with Gasteiger partial charge in [0, 0.05) is 6.20 Å². The van der Waals surface area contributed by atoms with E-state index in [4.69, 9.17) is 4.74 Å². The number of nitrogens with zero attached hydrogens (tertiary/aromatic N) is 1. The number of imide groups is 1. The molecule has 0 bridgehead atoms. The minimum atomic E-state index is -0.801. The lowest BCUT2D eigenvalue weighted by molar-refractivity contribution is -0.118. The number of aliphatic hydroxyl groups is 1. The van der Waals surface area contributed by atoms with Crippen molar-refractivity contribution in [2.24, 2.45) is 0 Å². The van der Waals surface area contributed by atoms with Crippen LogP contribution in [0.1, 0.15) is 29.8 Å². The highest BCUT2D eigenvalue weighted by Crippen LogP contribution is 2.24. The van der Waals surface area contributed by atoms with Crippen LogP contribution in [0.2, 0.25) is 0 Å². The number of benzene rings is 1. The zero-order chi connectivity index (χ0) is 18.5. The summed E-state index contributed by atoms with van der Waals surface area (Å²) in [6.07, 6.45) is 2.35. The molecule has 2 aromatic rings. The van der Waals surface area contributed by atoms with Crippen molar-refractivity contribution < 1.29 is 19.4 Å². The standard InChI is InChI=1S/C19H20N2O4S/c1-2-12-5-8-15(20-10-12)16(22)11-25-14-6-3-13(4-7-14)9-17-18(23)21-19(24)26-17/h3-8,10,16-17,22H,2,9,11H2,1H3,(H,21,23,24)/t16-,17?/m1/s1. The van der Waals surface area contributed by atoms with Gasteiger partial charge in [0.25, 0.3) is 5.24 Å². The van der Waals surface area contributed by atoms with Gasteiger partial charge >= 0.3 is 0 Å². The Morgan fingerprint density at radius 1 is 1.19 bits per heavy atom. The summed E-state index contributed by atoms with van der Waals surface area (Å²) in [5.74, 6) is 0.377. The molecule has 1 fully saturated rings. The van der Waals surface area contributed by atoms with Crippen molar-refractivity contribution >= 4 is 22.9 Å². The summed E-state index contributed by atoms with van der Waals surface area (Å²) in [5.41, 5.74) is 2.64. The Labute approximate surface area is 156 Å². The number of amides is 2. The Kier molecular flexibility index (Phi) is 5.90. The first-order chi connectivity index (χ1) is 12.5. The number of aryl methyl sites for hydroxylation is 1. The maximum absolute atomic E-state index is 11.6. The molecule has 1 aromatic carbocycles. The summed E-state index contributed by atoms with van der Waals surface area (Å²) in [7, 11) is 0. The van der Waals surface area contributed by atoms with E-state index in [9.17, 15) is 14.7 Å². The quantitative estimate of drug-likeness (QED) is 0.777. The number of pyridine rings is 1. The van der Waals surface area contributed by atoms with Crippen LogP contribution in [0.15, 0.2) is 42.6 Å². The molecule has 2 N–H and O–H groups in total. The molecule has 2 amide bonds. The van der Waals surface area contributed by atoms with Crippen LogP contribution in [-0.2, 0) is 17.6 Å². The fourth-order valence-corrected chi connectivity index (χ4v) is 3.43. The Morgan fingerprint density at radius 2 is 1.92 bits per heavy atom. The van der Waals surface area contributed by atoms with Gasteiger partial charge < -0.3 is 9.84 Å². The number of ether oxygens (including phenoxy) is 1. The van der Waals surface area contributed by atoms with Gasteiger partial charge in [-0.05, 0) is 42.2 Å². The van der Waals surface area contributed by atoms with E-state index < -0.39 is 6.10 Å². The van der Waals surface area contributed by atoms with Gasteiger partial charge in [0.1, 0.15) is 18.5 Å². The second kappa shape index (κ2) is 8.33. The van der Waals surface area contributed by atoms with Crippen LogP contribution in [0.3, 0.4) is 0 Å². The molecule has 1 aromatic heterocycles. The van der Waals surface area contributed by atoms with Crippen molar-refractivity contribution in [1.29, 1.82) is 0 Å². The van der Waals surface area contributed by atoms with Crippen molar-refractivity contribution in [1.82, 2.24) is 10.3 Å². The van der Waals surface area contributed by atoms with Crippen LogP contribution in [0.4, 0.5) is 4.79 Å². The molecule has 2 heterocycles. The van der Waals surface area contributed by atoms with Crippen LogP contribution in [0.25, 0.3) is 0 Å². The lowest BCUT2D eigenvalue weighted by Gasteiger charge is -2.13. The summed E-state index contributed by atoms with van der Waals surface area (Å²) in [6, 6.07) is 11.0. The number of hydrogen-bond donors (Lipinski definition) is 2. The van der Waals surface area contributed by atoms with Gasteiger partial charge in [0.15, 0.2) is 0 Å². The number of rotatable bonds is 7. The normalized spacial score (nSPS) is 17.8. The summed E-state index contributed by atoms with van der Waals surface area (Å²) < 4.78 is 5.61. The van der Waals surface area contributed by atoms with E-state index >= 15 is 0 Å². The Balaban J connectivity index is 1.52. The van der Waals surface area contributed by atoms with Crippen molar-refractivity contribution in [2.75, 3.05) is 6.61 Å². The van der Waals surface area contributed by atoms with Crippen LogP contribution in [0, 0.1) is 0 Å². The summed E-state index contributed by atoms with van der Waals surface area (Å²) in [4.78, 5) is 27.0. The topological polar surface area (TPSA) is 88.5 Å². The molecule has 6 nitrogen and oxygen atoms in total. The molecule has 1 aliphatic rings. The van der Waals surface area contributed by atoms with Gasteiger partial charge in [0.2, 0.25) is 5.91 Å². The van der Waals surface area contributed by atoms with Crippen LogP contribution in [0.5, 0.6) is 5.75 Å². The lowest BCUT2D eigenvalue weighted by atomic mass is 10.1. The van der Waals surface area contributed by atoms with Crippen LogP contribution in [-0.4, -0.2) is 33.1 Å². The second-order valence-electron chi connectivity index (χ2n) is 6.00. The summed E-state index contributed by atoms with van der Waals surface area (Å²) in [6.45, 7) is 2.16. The molecule has 7 heteroatoms. The van der Waals surface area contributed by atoms with Crippen LogP contribution < -0.4 is 10.1 Å². The predicted molar refractivity (Wildman–Crippen MR) is 99.1 cm³/mol. The largest absolute Gasteiger partial charge is 0.490 e. The third-order valence-corrected chi connectivity index (χ3v) is 5.10. The van der Waals surface area contributed by atoms with Gasteiger partial charge in [-0.15, -0.1) is 0 Å². The van der Waals surface area contributed by atoms with Crippen molar-refractivity contribution in [2.45, 2.75) is 31.1 Å². The Hall–Kier alpha value is -2.38. The molecule has 2 atom stereocenters. The molecule has 0 saturated carbocycles. The number of nitrogens with one attached hydrogen (secondary N) is 1. The fourth-order valence-electron chi connectivity index (χ4n) is 2.57. The van der Waals surface area contributed by atoms with Gasteiger partial charge in [-0.25, -0.2) is 0 Å². The first kappa shape index (κ1) is 18.4. The van der Waals surface area contributed by atoms with E-state index in [1.807, 2.05) is 24.3 Å². The van der Waals surface area contributed by atoms with E-state index in [-0.39, 0.29) is 23.0 Å². The van der Waals surface area contributed by atoms with Gasteiger partial charge in [-0.2, -0.15) is 0 Å². The molecule has 0 spiro atoms. The average Bonchev–Trinajstić information content (AvgIpc) is 2.98. The molecule has 1 unspecified atom stereocenters. The van der Waals surface area contributed by atoms with Crippen molar-refractivity contribution in [3.63, 3.8) is 0 Å². The lowest BCUT2D eigenvalue weighted by Crippen LogP contribution is -2.25. The average molecular weight is 372 g/mol. The Morgan fingerprint density at radius 3 is 2.50 bits per heavy atom. The SMILES string of the molecule is CCc1ccc([C@H](O)COc2ccc(CC3SC(=O)NC3=O)cc2)nc1. The molecule has 3 rings (SSSR count). The smallest absolute Gasteiger partial charge is 0.286 e. The van der Waals surface area contributed by atoms with E-state index in [0.29, 0.717) is 17.9 Å². The number of thioether (sulfide) groups is 1. The van der Waals surface area contributed by atoms with Gasteiger partial charge in [-0.3, -0.25) is 19.9 Å². The number of aromatic nitrogens is 1. The number of hydrogen-bond acceptors (Lipinski definition) is 6. The van der Waals surface area contributed by atoms with Gasteiger partial charge in [-0.1, -0.05) is 36.9 Å². The highest BCUT2D eigenvalue weighted by molar-refractivity contribution is 8.15. The Bertz CT molecular complexity index is 777. The van der Waals surface area contributed by atoms with Crippen molar-refractivity contribution in [3.8, 4) is 5.75 Å². The van der Waals surface area contributed by atoms with E-state index in [1.54, 1.807) is 18.3 Å². The molecule has 136 valence electrons. The molecular formula is C19H20N2O4S. The third kappa shape index (κ3) is 4.62. The molecule has 0 radical (unpaired) electrons. The highest BCUT2D eigenvalue weighted by atomic mass is 32.2. The highest BCUT2D eigenvalue weighted by Gasteiger charge is 2.31. The first-order valence-electron chi connectivity index (χ1n) is 8.41. The van der Waals surface area contributed by atoms with E-state index in [2.05, 4.69) is 17.2 Å². The second-order valence-corrected chi connectivity index (χ2v) is 7.18. The van der Waals surface area contributed by atoms with E-state index in [0.717, 1.165) is 29.3 Å². The number of carbonyl (C=O) groups is 2. The molecule has 0 aliphatic carbocycles. The zero-order valence-corrected chi connectivity index (χ0v) is 15.2.